The van der Waals surface area contributed by atoms with Gasteiger partial charge in [0, 0.05) is 25.7 Å². The molecule has 1 aromatic carbocycles. The fourth-order valence-corrected chi connectivity index (χ4v) is 2.16. The number of rotatable bonds is 4. The van der Waals surface area contributed by atoms with Crippen LogP contribution in [0.5, 0.6) is 5.75 Å². The van der Waals surface area contributed by atoms with Gasteiger partial charge in [-0.2, -0.15) is 5.10 Å². The third kappa shape index (κ3) is 3.69. The molecule has 22 heavy (non-hydrogen) atoms. The zero-order chi connectivity index (χ0) is 16.3. The van der Waals surface area contributed by atoms with E-state index < -0.39 is 5.60 Å². The van der Waals surface area contributed by atoms with E-state index in [9.17, 15) is 4.79 Å². The standard InChI is InChI=1S/C16H23N3O3/c1-16(2,3)22-15(20)19(4)10-9-12-14-11(17-18-12)7-6-8-13(14)21-5/h6-8H,9-10H2,1-5H3,(H,17,18). The first-order chi connectivity index (χ1) is 10.3. The molecule has 0 radical (unpaired) electrons. The number of aromatic nitrogens is 2. The predicted molar refractivity (Wildman–Crippen MR) is 85.2 cm³/mol. The summed E-state index contributed by atoms with van der Waals surface area (Å²) in [6.45, 7) is 6.09. The summed E-state index contributed by atoms with van der Waals surface area (Å²) in [5.74, 6) is 0.779. The lowest BCUT2D eigenvalue weighted by Crippen LogP contribution is -2.35. The molecule has 0 unspecified atom stereocenters. The van der Waals surface area contributed by atoms with Gasteiger partial charge in [0.2, 0.25) is 0 Å². The fourth-order valence-electron chi connectivity index (χ4n) is 2.16. The van der Waals surface area contributed by atoms with Gasteiger partial charge in [0.25, 0.3) is 0 Å². The molecule has 120 valence electrons. The number of likely N-dealkylation sites (N-methyl/N-ethyl adjacent to an activating group) is 1. The molecule has 1 amide bonds. The molecule has 0 spiro atoms. The number of ether oxygens (including phenoxy) is 2. The number of carbonyl (C=O) groups excluding carboxylic acids is 1. The lowest BCUT2D eigenvalue weighted by atomic mass is 10.1. The smallest absolute Gasteiger partial charge is 0.410 e. The number of fused-ring (bicyclic) bond motifs is 1. The van der Waals surface area contributed by atoms with Gasteiger partial charge in [-0.05, 0) is 32.9 Å². The van der Waals surface area contributed by atoms with E-state index in [4.69, 9.17) is 9.47 Å². The molecule has 6 heteroatoms. The molecule has 0 aliphatic carbocycles. The Labute approximate surface area is 130 Å². The van der Waals surface area contributed by atoms with Crippen LogP contribution >= 0.6 is 0 Å². The lowest BCUT2D eigenvalue weighted by molar-refractivity contribution is 0.0300. The molecular formula is C16H23N3O3. The van der Waals surface area contributed by atoms with Gasteiger partial charge in [0.1, 0.15) is 11.4 Å². The fraction of sp³-hybridized carbons (Fsp3) is 0.500. The van der Waals surface area contributed by atoms with Crippen LogP contribution in [0.2, 0.25) is 0 Å². The van der Waals surface area contributed by atoms with Crippen LogP contribution in [0, 0.1) is 0 Å². The maximum atomic E-state index is 12.0. The summed E-state index contributed by atoms with van der Waals surface area (Å²) in [7, 11) is 3.36. The monoisotopic (exact) mass is 305 g/mol. The van der Waals surface area contributed by atoms with E-state index in [2.05, 4.69) is 10.2 Å². The number of hydrogen-bond acceptors (Lipinski definition) is 4. The topological polar surface area (TPSA) is 67.5 Å². The van der Waals surface area contributed by atoms with Crippen LogP contribution in [0.4, 0.5) is 4.79 Å². The van der Waals surface area contributed by atoms with E-state index in [-0.39, 0.29) is 6.09 Å². The van der Waals surface area contributed by atoms with Crippen LogP contribution in [0.1, 0.15) is 26.5 Å². The largest absolute Gasteiger partial charge is 0.496 e. The number of H-pyrrole nitrogens is 1. The van der Waals surface area contributed by atoms with E-state index in [1.165, 1.54) is 0 Å². The molecule has 0 aliphatic heterocycles. The van der Waals surface area contributed by atoms with Crippen molar-refractivity contribution < 1.29 is 14.3 Å². The molecule has 2 rings (SSSR count). The Morgan fingerprint density at radius 2 is 2.09 bits per heavy atom. The highest BCUT2D eigenvalue weighted by atomic mass is 16.6. The maximum Gasteiger partial charge on any atom is 0.410 e. The lowest BCUT2D eigenvalue weighted by Gasteiger charge is -2.24. The van der Waals surface area contributed by atoms with E-state index in [1.807, 2.05) is 39.0 Å². The molecule has 0 saturated carbocycles. The van der Waals surface area contributed by atoms with Gasteiger partial charge in [0.15, 0.2) is 0 Å². The number of methoxy groups -OCH3 is 1. The molecule has 1 N–H and O–H groups in total. The summed E-state index contributed by atoms with van der Waals surface area (Å²) in [5, 5.41) is 8.25. The zero-order valence-electron chi connectivity index (χ0n) is 13.8. The summed E-state index contributed by atoms with van der Waals surface area (Å²) in [5.41, 5.74) is 1.31. The molecule has 1 heterocycles. The van der Waals surface area contributed by atoms with Crippen molar-refractivity contribution in [3.8, 4) is 5.75 Å². The van der Waals surface area contributed by atoms with Gasteiger partial charge in [0.05, 0.1) is 18.0 Å². The summed E-state index contributed by atoms with van der Waals surface area (Å²) in [6, 6.07) is 5.73. The van der Waals surface area contributed by atoms with Crippen molar-refractivity contribution in [2.45, 2.75) is 32.8 Å². The second-order valence-corrected chi connectivity index (χ2v) is 6.21. The summed E-state index contributed by atoms with van der Waals surface area (Å²) < 4.78 is 10.7. The summed E-state index contributed by atoms with van der Waals surface area (Å²) in [6.07, 6.45) is 0.315. The quantitative estimate of drug-likeness (QED) is 0.943. The van der Waals surface area contributed by atoms with Crippen LogP contribution in [-0.4, -0.2) is 47.5 Å². The number of nitrogens with zero attached hydrogens (tertiary/aromatic N) is 2. The minimum absolute atomic E-state index is 0.330. The number of hydrogen-bond donors (Lipinski definition) is 1. The molecule has 1 aromatic heterocycles. The minimum atomic E-state index is -0.491. The summed E-state index contributed by atoms with van der Waals surface area (Å²) in [4.78, 5) is 13.5. The van der Waals surface area contributed by atoms with Crippen molar-refractivity contribution >= 4 is 17.0 Å². The van der Waals surface area contributed by atoms with Gasteiger partial charge in [-0.15, -0.1) is 0 Å². The molecule has 6 nitrogen and oxygen atoms in total. The predicted octanol–water partition coefficient (Wildman–Crippen LogP) is 2.98. The van der Waals surface area contributed by atoms with Gasteiger partial charge >= 0.3 is 6.09 Å². The van der Waals surface area contributed by atoms with E-state index >= 15 is 0 Å². The Balaban J connectivity index is 2.07. The Hall–Kier alpha value is -2.24. The molecule has 0 atom stereocenters. The third-order valence-electron chi connectivity index (χ3n) is 3.24. The molecule has 0 saturated heterocycles. The van der Waals surface area contributed by atoms with E-state index in [0.717, 1.165) is 22.3 Å². The Morgan fingerprint density at radius 1 is 1.36 bits per heavy atom. The van der Waals surface area contributed by atoms with Gasteiger partial charge in [-0.3, -0.25) is 5.10 Å². The molecule has 0 aliphatic rings. The second kappa shape index (κ2) is 6.25. The van der Waals surface area contributed by atoms with E-state index in [1.54, 1.807) is 19.1 Å². The highest BCUT2D eigenvalue weighted by Crippen LogP contribution is 2.27. The Morgan fingerprint density at radius 3 is 2.73 bits per heavy atom. The van der Waals surface area contributed by atoms with Gasteiger partial charge in [-0.1, -0.05) is 6.07 Å². The first-order valence-electron chi connectivity index (χ1n) is 7.26. The number of amides is 1. The summed E-state index contributed by atoms with van der Waals surface area (Å²) >= 11 is 0. The van der Waals surface area contributed by atoms with Crippen molar-refractivity contribution in [1.29, 1.82) is 0 Å². The third-order valence-corrected chi connectivity index (χ3v) is 3.24. The van der Waals surface area contributed by atoms with Crippen molar-refractivity contribution in [3.05, 3.63) is 23.9 Å². The number of aromatic amines is 1. The van der Waals surface area contributed by atoms with Gasteiger partial charge < -0.3 is 14.4 Å². The molecule has 0 bridgehead atoms. The van der Waals surface area contributed by atoms with Crippen molar-refractivity contribution in [3.63, 3.8) is 0 Å². The Kier molecular flexibility index (Phi) is 4.59. The first kappa shape index (κ1) is 16.1. The number of nitrogens with one attached hydrogen (secondary N) is 1. The van der Waals surface area contributed by atoms with E-state index in [0.29, 0.717) is 13.0 Å². The van der Waals surface area contributed by atoms with Crippen LogP contribution in [0.15, 0.2) is 18.2 Å². The number of benzene rings is 1. The van der Waals surface area contributed by atoms with Crippen molar-refractivity contribution in [2.75, 3.05) is 20.7 Å². The van der Waals surface area contributed by atoms with Crippen LogP contribution < -0.4 is 4.74 Å². The highest BCUT2D eigenvalue weighted by molar-refractivity contribution is 5.87. The molecule has 0 fully saturated rings. The first-order valence-corrected chi connectivity index (χ1v) is 7.26. The van der Waals surface area contributed by atoms with Crippen molar-refractivity contribution in [1.82, 2.24) is 15.1 Å². The average molecular weight is 305 g/mol. The molecule has 2 aromatic rings. The van der Waals surface area contributed by atoms with Gasteiger partial charge in [-0.25, -0.2) is 4.79 Å². The second-order valence-electron chi connectivity index (χ2n) is 6.21. The van der Waals surface area contributed by atoms with Crippen LogP contribution in [0.3, 0.4) is 0 Å². The number of carbonyl (C=O) groups is 1. The normalized spacial score (nSPS) is 11.5. The minimum Gasteiger partial charge on any atom is -0.496 e. The molecular weight excluding hydrogens is 282 g/mol. The van der Waals surface area contributed by atoms with Crippen LogP contribution in [0.25, 0.3) is 10.9 Å². The van der Waals surface area contributed by atoms with Crippen LogP contribution in [-0.2, 0) is 11.2 Å². The Bertz CT molecular complexity index is 658. The van der Waals surface area contributed by atoms with Crippen molar-refractivity contribution in [2.24, 2.45) is 0 Å². The highest BCUT2D eigenvalue weighted by Gasteiger charge is 2.20. The maximum absolute atomic E-state index is 12.0. The zero-order valence-corrected chi connectivity index (χ0v) is 13.8. The average Bonchev–Trinajstić information content (AvgIpc) is 2.86. The SMILES string of the molecule is COc1cccc2n[nH]c(CCN(C)C(=O)OC(C)(C)C)c12.